The summed E-state index contributed by atoms with van der Waals surface area (Å²) in [5.74, 6) is 1.72. The third-order valence-corrected chi connectivity index (χ3v) is 5.99. The van der Waals surface area contributed by atoms with Gasteiger partial charge in [-0.1, -0.05) is 54.6 Å². The van der Waals surface area contributed by atoms with Crippen LogP contribution in [0.2, 0.25) is 0 Å². The summed E-state index contributed by atoms with van der Waals surface area (Å²) in [5, 5.41) is 11.3. The first kappa shape index (κ1) is 23.8. The van der Waals surface area contributed by atoms with Crippen molar-refractivity contribution in [2.24, 2.45) is 0 Å². The molecule has 4 rings (SSSR count). The number of aliphatic hydroxyl groups excluding tert-OH is 1. The van der Waals surface area contributed by atoms with Crippen molar-refractivity contribution >= 4 is 12.2 Å². The summed E-state index contributed by atoms with van der Waals surface area (Å²) in [6.45, 7) is 7.77. The van der Waals surface area contributed by atoms with Crippen molar-refractivity contribution in [3.05, 3.63) is 107 Å². The lowest BCUT2D eigenvalue weighted by atomic mass is 9.92. The monoisotopic (exact) mass is 456 g/mol. The van der Waals surface area contributed by atoms with Crippen LogP contribution in [0.4, 0.5) is 0 Å². The number of rotatable bonds is 8. The van der Waals surface area contributed by atoms with Crippen molar-refractivity contribution in [3.8, 4) is 11.5 Å². The summed E-state index contributed by atoms with van der Waals surface area (Å²) in [6, 6.07) is 26.7. The second-order valence-electron chi connectivity index (χ2n) is 8.61. The third-order valence-electron chi connectivity index (χ3n) is 5.99. The van der Waals surface area contributed by atoms with E-state index in [1.807, 2.05) is 68.4 Å². The minimum absolute atomic E-state index is 0.599. The normalized spacial score (nSPS) is 20.4. The first-order valence-electron chi connectivity index (χ1n) is 12.1. The van der Waals surface area contributed by atoms with Gasteiger partial charge in [0, 0.05) is 16.7 Å². The van der Waals surface area contributed by atoms with Gasteiger partial charge in [-0.15, -0.1) is 0 Å². The lowest BCUT2D eigenvalue weighted by molar-refractivity contribution is -0.907. The number of piperidine rings is 1. The van der Waals surface area contributed by atoms with Crippen molar-refractivity contribution in [1.82, 2.24) is 0 Å². The molecule has 34 heavy (non-hydrogen) atoms. The molecule has 0 aliphatic carbocycles. The molecule has 0 amide bonds. The summed E-state index contributed by atoms with van der Waals surface area (Å²) in [4.78, 5) is 1.41. The molecule has 3 aromatic carbocycles. The van der Waals surface area contributed by atoms with Gasteiger partial charge in [0.15, 0.2) is 0 Å². The van der Waals surface area contributed by atoms with Crippen LogP contribution in [0.15, 0.2) is 90.0 Å². The lowest BCUT2D eigenvalue weighted by Gasteiger charge is -2.31. The van der Waals surface area contributed by atoms with Crippen LogP contribution in [0.25, 0.3) is 12.2 Å². The Bertz CT molecular complexity index is 1030. The van der Waals surface area contributed by atoms with Gasteiger partial charge < -0.3 is 19.5 Å². The third kappa shape index (κ3) is 6.37. The number of hydrogen-bond donors (Lipinski definition) is 2. The number of likely N-dealkylation sites (tertiary alicyclic amines) is 1. The van der Waals surface area contributed by atoms with Crippen LogP contribution in [0.3, 0.4) is 0 Å². The first-order valence-corrected chi connectivity index (χ1v) is 12.1. The summed E-state index contributed by atoms with van der Waals surface area (Å²) in [7, 11) is 0. The number of hydrogen-bond acceptors (Lipinski definition) is 3. The topological polar surface area (TPSA) is 43.1 Å². The second-order valence-corrected chi connectivity index (χ2v) is 8.61. The number of nitrogens with one attached hydrogen (secondary N) is 1. The molecule has 1 heterocycles. The predicted octanol–water partition coefficient (Wildman–Crippen LogP) is 4.41. The Morgan fingerprint density at radius 2 is 1.21 bits per heavy atom. The molecule has 4 heteroatoms. The Morgan fingerprint density at radius 1 is 0.735 bits per heavy atom. The fourth-order valence-corrected chi connectivity index (χ4v) is 4.42. The van der Waals surface area contributed by atoms with Gasteiger partial charge in [-0.05, 0) is 61.4 Å². The highest BCUT2D eigenvalue weighted by Gasteiger charge is 2.29. The van der Waals surface area contributed by atoms with E-state index in [1.54, 1.807) is 0 Å². The predicted molar refractivity (Wildman–Crippen MR) is 138 cm³/mol. The largest absolute Gasteiger partial charge is 0.494 e. The Hall–Kier alpha value is -3.34. The van der Waals surface area contributed by atoms with E-state index in [1.165, 1.54) is 10.5 Å². The molecule has 0 atom stereocenters. The van der Waals surface area contributed by atoms with Gasteiger partial charge >= 0.3 is 0 Å². The zero-order valence-corrected chi connectivity index (χ0v) is 20.0. The van der Waals surface area contributed by atoms with Gasteiger partial charge in [-0.25, -0.2) is 0 Å². The van der Waals surface area contributed by atoms with Crippen LogP contribution in [0.1, 0.15) is 30.5 Å². The summed E-state index contributed by atoms with van der Waals surface area (Å²) in [6.07, 6.45) is 3.64. The highest BCUT2D eigenvalue weighted by molar-refractivity contribution is 5.61. The van der Waals surface area contributed by atoms with E-state index in [0.717, 1.165) is 53.4 Å². The van der Waals surface area contributed by atoms with Gasteiger partial charge in [0.25, 0.3) is 0 Å². The van der Waals surface area contributed by atoms with Crippen LogP contribution in [0, 0.1) is 0 Å². The van der Waals surface area contributed by atoms with E-state index < -0.39 is 6.10 Å². The maximum absolute atomic E-state index is 11.3. The van der Waals surface area contributed by atoms with Crippen LogP contribution < -0.4 is 14.4 Å². The molecule has 0 unspecified atom stereocenters. The zero-order valence-electron chi connectivity index (χ0n) is 20.0. The van der Waals surface area contributed by atoms with E-state index in [2.05, 4.69) is 36.4 Å². The van der Waals surface area contributed by atoms with Crippen LogP contribution in [0.5, 0.6) is 11.5 Å². The molecule has 1 aliphatic rings. The highest BCUT2D eigenvalue weighted by atomic mass is 16.5. The Kier molecular flexibility index (Phi) is 8.18. The first-order chi connectivity index (χ1) is 16.6. The van der Waals surface area contributed by atoms with Crippen molar-refractivity contribution in [3.63, 3.8) is 0 Å². The molecule has 2 N–H and O–H groups in total. The van der Waals surface area contributed by atoms with E-state index in [-0.39, 0.29) is 0 Å². The Labute approximate surface area is 202 Å². The molecule has 0 bridgehead atoms. The average molecular weight is 457 g/mol. The quantitative estimate of drug-likeness (QED) is 0.528. The van der Waals surface area contributed by atoms with Gasteiger partial charge in [-0.3, -0.25) is 0 Å². The molecular formula is C30H34NO3+. The van der Waals surface area contributed by atoms with E-state index in [4.69, 9.17) is 9.47 Å². The number of benzene rings is 3. The zero-order chi connectivity index (χ0) is 23.8. The van der Waals surface area contributed by atoms with E-state index in [9.17, 15) is 5.11 Å². The smallest absolute Gasteiger partial charge is 0.119 e. The molecule has 3 aromatic rings. The Morgan fingerprint density at radius 3 is 1.65 bits per heavy atom. The number of aliphatic hydroxyl groups is 1. The van der Waals surface area contributed by atoms with E-state index >= 15 is 0 Å². The van der Waals surface area contributed by atoms with Crippen molar-refractivity contribution < 1.29 is 19.5 Å². The van der Waals surface area contributed by atoms with Crippen molar-refractivity contribution in [1.29, 1.82) is 0 Å². The summed E-state index contributed by atoms with van der Waals surface area (Å²) >= 11 is 0. The standard InChI is InChI=1S/C30H33NO3/c1-3-33-28-14-10-23(11-15-28)18-26-21-31(20-25-8-6-5-7-9-25)22-27(30(26)32)19-24-12-16-29(17-13-24)34-4-2/h5-19,30,32H,3-4,20-22H2,1-2H3/p+1/b26-18+,27-19+. The molecule has 176 valence electrons. The summed E-state index contributed by atoms with van der Waals surface area (Å²) < 4.78 is 11.1. The molecular weight excluding hydrogens is 422 g/mol. The highest BCUT2D eigenvalue weighted by Crippen LogP contribution is 2.22. The fraction of sp³-hybridized carbons (Fsp3) is 0.267. The molecule has 0 saturated carbocycles. The molecule has 1 saturated heterocycles. The number of quaternary nitrogens is 1. The van der Waals surface area contributed by atoms with Crippen LogP contribution >= 0.6 is 0 Å². The van der Waals surface area contributed by atoms with Crippen LogP contribution in [-0.2, 0) is 6.54 Å². The SMILES string of the molecule is CCOc1ccc(/C=C2\C[NH+](Cc3ccccc3)C/C(=C\c3ccc(OCC)cc3)C2O)cc1. The minimum Gasteiger partial charge on any atom is -0.494 e. The minimum atomic E-state index is -0.599. The maximum Gasteiger partial charge on any atom is 0.119 e. The van der Waals surface area contributed by atoms with Gasteiger partial charge in [0.05, 0.1) is 13.2 Å². The Balaban J connectivity index is 1.61. The molecule has 0 spiro atoms. The summed E-state index contributed by atoms with van der Waals surface area (Å²) in [5.41, 5.74) is 5.49. The maximum atomic E-state index is 11.3. The second kappa shape index (κ2) is 11.7. The van der Waals surface area contributed by atoms with Gasteiger partial charge in [-0.2, -0.15) is 0 Å². The lowest BCUT2D eigenvalue weighted by Crippen LogP contribution is -3.12. The molecule has 1 fully saturated rings. The van der Waals surface area contributed by atoms with Crippen molar-refractivity contribution in [2.75, 3.05) is 26.3 Å². The van der Waals surface area contributed by atoms with Crippen LogP contribution in [-0.4, -0.2) is 37.5 Å². The molecule has 4 nitrogen and oxygen atoms in total. The molecule has 0 aromatic heterocycles. The van der Waals surface area contributed by atoms with Gasteiger partial charge in [0.1, 0.15) is 37.2 Å². The fourth-order valence-electron chi connectivity index (χ4n) is 4.42. The molecule has 1 aliphatic heterocycles. The average Bonchev–Trinajstić information content (AvgIpc) is 2.85. The van der Waals surface area contributed by atoms with Crippen molar-refractivity contribution in [2.45, 2.75) is 26.5 Å². The van der Waals surface area contributed by atoms with E-state index in [0.29, 0.717) is 13.2 Å². The van der Waals surface area contributed by atoms with Gasteiger partial charge in [0.2, 0.25) is 0 Å². The number of ether oxygens (including phenoxy) is 2. The molecule has 0 radical (unpaired) electrons.